The van der Waals surface area contributed by atoms with Gasteiger partial charge < -0.3 is 5.11 Å². The molecule has 0 bridgehead atoms. The monoisotopic (exact) mass is 464 g/mol. The van der Waals surface area contributed by atoms with E-state index in [9.17, 15) is 9.59 Å². The number of carbonyl (C=O) groups excluding carboxylic acids is 1. The summed E-state index contributed by atoms with van der Waals surface area (Å²) in [6.45, 7) is 0. The first-order valence-corrected chi connectivity index (χ1v) is 11.5. The Hall–Kier alpha value is -4.52. The van der Waals surface area contributed by atoms with Crippen LogP contribution in [0.25, 0.3) is 16.9 Å². The third-order valence-corrected chi connectivity index (χ3v) is 6.00. The van der Waals surface area contributed by atoms with Crippen molar-refractivity contribution >= 4 is 17.6 Å². The molecule has 0 aliphatic carbocycles. The molecule has 0 spiro atoms. The van der Waals surface area contributed by atoms with Gasteiger partial charge in [0.2, 0.25) is 5.91 Å². The van der Waals surface area contributed by atoms with E-state index in [2.05, 4.69) is 5.10 Å². The Morgan fingerprint density at radius 2 is 1.43 bits per heavy atom. The quantitative estimate of drug-likeness (QED) is 0.413. The molecule has 0 saturated heterocycles. The van der Waals surface area contributed by atoms with Crippen molar-refractivity contribution in [3.05, 3.63) is 108 Å². The number of hydrogen-bond donors (Lipinski definition) is 1. The number of aliphatic carboxylic acids is 1. The second-order valence-electron chi connectivity index (χ2n) is 8.34. The van der Waals surface area contributed by atoms with E-state index in [4.69, 9.17) is 10.2 Å². The van der Waals surface area contributed by atoms with E-state index in [0.29, 0.717) is 6.42 Å². The van der Waals surface area contributed by atoms with E-state index in [0.717, 1.165) is 33.8 Å². The fourth-order valence-electron chi connectivity index (χ4n) is 4.28. The zero-order valence-electron chi connectivity index (χ0n) is 19.0. The Balaban J connectivity index is 1.59. The molecule has 4 aromatic rings. The number of nitrogens with zero attached hydrogens (tertiary/aromatic N) is 4. The molecule has 1 aliphatic rings. The molecule has 0 fully saturated rings. The van der Waals surface area contributed by atoms with Gasteiger partial charge in [-0.2, -0.15) is 10.2 Å². The standard InChI is InChI=1S/C28H24N4O3/c33-26(16-17-27(34)35)32-25(18-24(29-32)20-10-4-1-5-11-20)23-19-31(22-14-8-3-9-15-22)30-28(23)21-12-6-2-7-13-21/h1-15,19,25H,16-18H2,(H,34,35)/t25-/m0/s1. The maximum atomic E-state index is 13.2. The summed E-state index contributed by atoms with van der Waals surface area (Å²) in [5, 5.41) is 20.1. The minimum atomic E-state index is -1.01. The number of carbonyl (C=O) groups is 2. The molecule has 7 heteroatoms. The summed E-state index contributed by atoms with van der Waals surface area (Å²) in [6.07, 6.45) is 2.09. The molecule has 7 nitrogen and oxygen atoms in total. The van der Waals surface area contributed by atoms with Gasteiger partial charge in [0.05, 0.1) is 29.6 Å². The Bertz CT molecular complexity index is 1370. The molecule has 1 atom stereocenters. The Kier molecular flexibility index (Phi) is 6.22. The lowest BCUT2D eigenvalue weighted by molar-refractivity contribution is -0.141. The van der Waals surface area contributed by atoms with E-state index in [-0.39, 0.29) is 18.7 Å². The van der Waals surface area contributed by atoms with Crippen molar-refractivity contribution in [1.82, 2.24) is 14.8 Å². The molecule has 35 heavy (non-hydrogen) atoms. The van der Waals surface area contributed by atoms with Crippen molar-refractivity contribution in [3.63, 3.8) is 0 Å². The molecule has 0 unspecified atom stereocenters. The first-order valence-electron chi connectivity index (χ1n) is 11.5. The van der Waals surface area contributed by atoms with Crippen LogP contribution in [-0.2, 0) is 9.59 Å². The molecule has 1 amide bonds. The van der Waals surface area contributed by atoms with E-state index in [1.54, 1.807) is 0 Å². The molecule has 0 saturated carbocycles. The number of hydrogen-bond acceptors (Lipinski definition) is 4. The third kappa shape index (κ3) is 4.75. The van der Waals surface area contributed by atoms with Crippen molar-refractivity contribution in [2.24, 2.45) is 5.10 Å². The number of carboxylic acids is 1. The Labute approximate surface area is 203 Å². The number of benzene rings is 3. The van der Waals surface area contributed by atoms with Crippen molar-refractivity contribution in [2.75, 3.05) is 0 Å². The normalized spacial score (nSPS) is 15.1. The van der Waals surface area contributed by atoms with Gasteiger partial charge in [0.15, 0.2) is 0 Å². The van der Waals surface area contributed by atoms with Gasteiger partial charge >= 0.3 is 5.97 Å². The molecule has 174 valence electrons. The van der Waals surface area contributed by atoms with Gasteiger partial charge in [0.25, 0.3) is 0 Å². The number of amides is 1. The van der Waals surface area contributed by atoms with Crippen LogP contribution in [0.2, 0.25) is 0 Å². The van der Waals surface area contributed by atoms with E-state index in [1.165, 1.54) is 5.01 Å². The second-order valence-corrected chi connectivity index (χ2v) is 8.34. The SMILES string of the molecule is O=C(O)CCC(=O)N1N=C(c2ccccc2)C[C@H]1c1cn(-c2ccccc2)nc1-c1ccccc1. The van der Waals surface area contributed by atoms with Gasteiger partial charge in [-0.05, 0) is 17.7 Å². The average Bonchev–Trinajstić information content (AvgIpc) is 3.54. The second kappa shape index (κ2) is 9.77. The predicted octanol–water partition coefficient (Wildman–Crippen LogP) is 5.08. The topological polar surface area (TPSA) is 87.8 Å². The number of rotatable bonds is 7. The lowest BCUT2D eigenvalue weighted by Crippen LogP contribution is -2.27. The van der Waals surface area contributed by atoms with Crippen LogP contribution in [0.5, 0.6) is 0 Å². The molecule has 2 heterocycles. The third-order valence-electron chi connectivity index (χ3n) is 6.00. The highest BCUT2D eigenvalue weighted by Gasteiger charge is 2.36. The van der Waals surface area contributed by atoms with Crippen molar-refractivity contribution < 1.29 is 14.7 Å². The molecule has 1 N–H and O–H groups in total. The van der Waals surface area contributed by atoms with Crippen molar-refractivity contribution in [1.29, 1.82) is 0 Å². The smallest absolute Gasteiger partial charge is 0.303 e. The molecular formula is C28H24N4O3. The summed E-state index contributed by atoms with van der Waals surface area (Å²) in [5.41, 5.74) is 5.18. The van der Waals surface area contributed by atoms with Crippen LogP contribution in [0, 0.1) is 0 Å². The molecule has 0 radical (unpaired) electrons. The summed E-state index contributed by atoms with van der Waals surface area (Å²) < 4.78 is 1.82. The molecule has 1 aliphatic heterocycles. The zero-order valence-corrected chi connectivity index (χ0v) is 19.0. The first-order chi connectivity index (χ1) is 17.1. The van der Waals surface area contributed by atoms with Crippen LogP contribution in [-0.4, -0.2) is 37.5 Å². The van der Waals surface area contributed by atoms with Crippen molar-refractivity contribution in [2.45, 2.75) is 25.3 Å². The lowest BCUT2D eigenvalue weighted by atomic mass is 9.96. The van der Waals surface area contributed by atoms with Gasteiger partial charge in [-0.15, -0.1) is 0 Å². The largest absolute Gasteiger partial charge is 0.481 e. The molecule has 3 aromatic carbocycles. The van der Waals surface area contributed by atoms with Crippen LogP contribution in [0.1, 0.15) is 36.4 Å². The minimum absolute atomic E-state index is 0.120. The van der Waals surface area contributed by atoms with Gasteiger partial charge in [-0.1, -0.05) is 78.9 Å². The summed E-state index contributed by atoms with van der Waals surface area (Å²) in [4.78, 5) is 24.3. The maximum absolute atomic E-state index is 13.2. The zero-order chi connectivity index (χ0) is 24.2. The molecular weight excluding hydrogens is 440 g/mol. The van der Waals surface area contributed by atoms with Gasteiger partial charge in [0.1, 0.15) is 0 Å². The van der Waals surface area contributed by atoms with E-state index < -0.39 is 12.0 Å². The summed E-state index contributed by atoms with van der Waals surface area (Å²) in [6, 6.07) is 29.0. The Morgan fingerprint density at radius 3 is 2.06 bits per heavy atom. The lowest BCUT2D eigenvalue weighted by Gasteiger charge is -2.21. The maximum Gasteiger partial charge on any atom is 0.303 e. The number of hydrazone groups is 1. The highest BCUT2D eigenvalue weighted by Crippen LogP contribution is 2.38. The number of para-hydroxylation sites is 1. The summed E-state index contributed by atoms with van der Waals surface area (Å²) >= 11 is 0. The first kappa shape index (κ1) is 22.3. The fourth-order valence-corrected chi connectivity index (χ4v) is 4.28. The van der Waals surface area contributed by atoms with Crippen LogP contribution in [0.4, 0.5) is 0 Å². The summed E-state index contributed by atoms with van der Waals surface area (Å²) in [5.74, 6) is -1.34. The van der Waals surface area contributed by atoms with Crippen LogP contribution >= 0.6 is 0 Å². The molecule has 5 rings (SSSR count). The molecule has 1 aromatic heterocycles. The van der Waals surface area contributed by atoms with Crippen LogP contribution in [0.3, 0.4) is 0 Å². The van der Waals surface area contributed by atoms with Gasteiger partial charge in [0, 0.05) is 30.2 Å². The predicted molar refractivity (Wildman–Crippen MR) is 133 cm³/mol. The van der Waals surface area contributed by atoms with E-state index >= 15 is 0 Å². The van der Waals surface area contributed by atoms with Crippen LogP contribution in [0.15, 0.2) is 102 Å². The Morgan fingerprint density at radius 1 is 0.829 bits per heavy atom. The van der Waals surface area contributed by atoms with Gasteiger partial charge in [-0.25, -0.2) is 9.69 Å². The van der Waals surface area contributed by atoms with Gasteiger partial charge in [-0.3, -0.25) is 9.59 Å². The number of aromatic nitrogens is 2. The minimum Gasteiger partial charge on any atom is -0.481 e. The fraction of sp³-hybridized carbons (Fsp3) is 0.143. The highest BCUT2D eigenvalue weighted by atomic mass is 16.4. The van der Waals surface area contributed by atoms with Crippen LogP contribution < -0.4 is 0 Å². The van der Waals surface area contributed by atoms with E-state index in [1.807, 2.05) is 102 Å². The summed E-state index contributed by atoms with van der Waals surface area (Å²) in [7, 11) is 0. The highest BCUT2D eigenvalue weighted by molar-refractivity contribution is 6.03. The van der Waals surface area contributed by atoms with Crippen molar-refractivity contribution in [3.8, 4) is 16.9 Å². The average molecular weight is 465 g/mol. The number of carboxylic acid groups (broad SMARTS) is 1.